The molecule has 0 aromatic carbocycles. The molecule has 6 heteroatoms. The lowest BCUT2D eigenvalue weighted by Crippen LogP contribution is -2.36. The van der Waals surface area contributed by atoms with Crippen LogP contribution >= 0.6 is 0 Å². The van der Waals surface area contributed by atoms with Crippen molar-refractivity contribution in [1.29, 1.82) is 0 Å². The third-order valence-corrected chi connectivity index (χ3v) is 1.53. The molecule has 0 bridgehead atoms. The summed E-state index contributed by atoms with van der Waals surface area (Å²) < 4.78 is 0. The van der Waals surface area contributed by atoms with Crippen molar-refractivity contribution in [3.63, 3.8) is 0 Å². The lowest BCUT2D eigenvalue weighted by Gasteiger charge is -2.11. The van der Waals surface area contributed by atoms with Crippen molar-refractivity contribution in [2.24, 2.45) is 0 Å². The summed E-state index contributed by atoms with van der Waals surface area (Å²) in [5, 5.41) is 21.9. The summed E-state index contributed by atoms with van der Waals surface area (Å²) in [6.07, 6.45) is 0.202. The third-order valence-electron chi connectivity index (χ3n) is 1.53. The van der Waals surface area contributed by atoms with Crippen LogP contribution in [0.2, 0.25) is 0 Å². The number of aliphatic carboxylic acids is 1. The van der Waals surface area contributed by atoms with Crippen molar-refractivity contribution in [2.75, 3.05) is 19.7 Å². The Kier molecular flexibility index (Phi) is 6.69. The van der Waals surface area contributed by atoms with Gasteiger partial charge in [-0.3, -0.25) is 9.59 Å². The Bertz CT molecular complexity index is 196. The van der Waals surface area contributed by atoms with Gasteiger partial charge in [-0.1, -0.05) is 0 Å². The molecule has 0 radical (unpaired) electrons. The molecule has 0 aromatic heterocycles. The largest absolute Gasteiger partial charge is 0.480 e. The van der Waals surface area contributed by atoms with Gasteiger partial charge in [0.05, 0.1) is 6.61 Å². The second kappa shape index (κ2) is 7.28. The summed E-state index contributed by atoms with van der Waals surface area (Å²) in [6.45, 7) is 1.87. The van der Waals surface area contributed by atoms with Crippen molar-refractivity contribution in [3.05, 3.63) is 0 Å². The second-order valence-electron chi connectivity index (χ2n) is 2.95. The fraction of sp³-hybridized carbons (Fsp3) is 0.750. The molecule has 0 fully saturated rings. The molecule has 0 heterocycles. The first kappa shape index (κ1) is 12.9. The van der Waals surface area contributed by atoms with Crippen LogP contribution in [0.4, 0.5) is 0 Å². The Morgan fingerprint density at radius 3 is 2.57 bits per heavy atom. The number of nitrogens with one attached hydrogen (secondary N) is 2. The van der Waals surface area contributed by atoms with Crippen LogP contribution in [-0.2, 0) is 9.59 Å². The van der Waals surface area contributed by atoms with Crippen LogP contribution in [0.5, 0.6) is 0 Å². The van der Waals surface area contributed by atoms with E-state index in [9.17, 15) is 9.59 Å². The number of amides is 1. The molecule has 14 heavy (non-hydrogen) atoms. The summed E-state index contributed by atoms with van der Waals surface area (Å²) >= 11 is 0. The average Bonchev–Trinajstić information content (AvgIpc) is 2.11. The molecule has 0 aliphatic heterocycles. The summed E-state index contributed by atoms with van der Waals surface area (Å²) in [6, 6.07) is -0.0732. The van der Waals surface area contributed by atoms with Crippen molar-refractivity contribution in [1.82, 2.24) is 10.6 Å². The van der Waals surface area contributed by atoms with Gasteiger partial charge < -0.3 is 20.8 Å². The van der Waals surface area contributed by atoms with E-state index >= 15 is 0 Å². The summed E-state index contributed by atoms with van der Waals surface area (Å²) in [7, 11) is 0. The number of rotatable bonds is 7. The fourth-order valence-corrected chi connectivity index (χ4v) is 0.908. The minimum atomic E-state index is -1.06. The minimum absolute atomic E-state index is 0.0150. The Hall–Kier alpha value is -1.14. The summed E-state index contributed by atoms with van der Waals surface area (Å²) in [5.74, 6) is -1.38. The molecular weight excluding hydrogens is 188 g/mol. The number of aliphatic hydroxyl groups excluding tert-OH is 1. The highest BCUT2D eigenvalue weighted by Gasteiger charge is 2.08. The molecule has 0 aliphatic rings. The highest BCUT2D eigenvalue weighted by molar-refractivity contribution is 5.81. The fourth-order valence-electron chi connectivity index (χ4n) is 0.908. The van der Waals surface area contributed by atoms with Gasteiger partial charge in [0, 0.05) is 19.0 Å². The van der Waals surface area contributed by atoms with E-state index in [0.717, 1.165) is 0 Å². The van der Waals surface area contributed by atoms with E-state index in [1.54, 1.807) is 6.92 Å². The molecule has 0 saturated carbocycles. The van der Waals surface area contributed by atoms with Crippen LogP contribution in [0, 0.1) is 0 Å². The zero-order valence-corrected chi connectivity index (χ0v) is 8.12. The SMILES string of the molecule is CC(CC(=O)NCC(=O)O)NCCO. The molecule has 1 amide bonds. The van der Waals surface area contributed by atoms with Crippen molar-refractivity contribution in [2.45, 2.75) is 19.4 Å². The molecule has 0 spiro atoms. The number of carboxylic acids is 1. The van der Waals surface area contributed by atoms with Crippen molar-refractivity contribution >= 4 is 11.9 Å². The van der Waals surface area contributed by atoms with E-state index in [-0.39, 0.29) is 31.5 Å². The highest BCUT2D eigenvalue weighted by atomic mass is 16.4. The maximum Gasteiger partial charge on any atom is 0.322 e. The van der Waals surface area contributed by atoms with Crippen LogP contribution in [0.1, 0.15) is 13.3 Å². The predicted molar refractivity (Wildman–Crippen MR) is 49.8 cm³/mol. The van der Waals surface area contributed by atoms with Gasteiger partial charge in [0.2, 0.25) is 5.91 Å². The topological polar surface area (TPSA) is 98.7 Å². The van der Waals surface area contributed by atoms with Crippen LogP contribution in [0.25, 0.3) is 0 Å². The quantitative estimate of drug-likeness (QED) is 0.406. The molecule has 4 N–H and O–H groups in total. The van der Waals surface area contributed by atoms with Gasteiger partial charge in [-0.05, 0) is 6.92 Å². The third kappa shape index (κ3) is 7.51. The summed E-state index contributed by atoms with van der Waals surface area (Å²) in [5.41, 5.74) is 0. The highest BCUT2D eigenvalue weighted by Crippen LogP contribution is 1.89. The lowest BCUT2D eigenvalue weighted by molar-refractivity contribution is -0.138. The van der Waals surface area contributed by atoms with E-state index in [4.69, 9.17) is 10.2 Å². The smallest absolute Gasteiger partial charge is 0.322 e. The monoisotopic (exact) mass is 204 g/mol. The van der Waals surface area contributed by atoms with Gasteiger partial charge in [-0.2, -0.15) is 0 Å². The first-order chi connectivity index (χ1) is 6.56. The van der Waals surface area contributed by atoms with Crippen molar-refractivity contribution < 1.29 is 19.8 Å². The number of carbonyl (C=O) groups is 2. The Balaban J connectivity index is 3.55. The van der Waals surface area contributed by atoms with E-state index in [2.05, 4.69) is 10.6 Å². The van der Waals surface area contributed by atoms with E-state index < -0.39 is 5.97 Å². The van der Waals surface area contributed by atoms with Crippen LogP contribution in [-0.4, -0.2) is 47.8 Å². The van der Waals surface area contributed by atoms with Gasteiger partial charge in [0.25, 0.3) is 0 Å². The second-order valence-corrected chi connectivity index (χ2v) is 2.95. The number of carbonyl (C=O) groups excluding carboxylic acids is 1. The van der Waals surface area contributed by atoms with Gasteiger partial charge in [0.1, 0.15) is 6.54 Å². The van der Waals surface area contributed by atoms with E-state index in [1.165, 1.54) is 0 Å². The zero-order chi connectivity index (χ0) is 11.0. The molecule has 0 saturated heterocycles. The lowest BCUT2D eigenvalue weighted by atomic mass is 10.2. The molecule has 0 aromatic rings. The maximum absolute atomic E-state index is 11.0. The average molecular weight is 204 g/mol. The van der Waals surface area contributed by atoms with Crippen LogP contribution < -0.4 is 10.6 Å². The standard InChI is InChI=1S/C8H16N2O4/c1-6(9-2-3-11)4-7(12)10-5-8(13)14/h6,9,11H,2-5H2,1H3,(H,10,12)(H,13,14). The Morgan fingerprint density at radius 2 is 2.07 bits per heavy atom. The van der Waals surface area contributed by atoms with Crippen LogP contribution in [0.3, 0.4) is 0 Å². The molecule has 82 valence electrons. The van der Waals surface area contributed by atoms with Gasteiger partial charge in [-0.15, -0.1) is 0 Å². The first-order valence-electron chi connectivity index (χ1n) is 4.39. The minimum Gasteiger partial charge on any atom is -0.480 e. The Morgan fingerprint density at radius 1 is 1.43 bits per heavy atom. The van der Waals surface area contributed by atoms with E-state index in [1.807, 2.05) is 0 Å². The van der Waals surface area contributed by atoms with Crippen LogP contribution in [0.15, 0.2) is 0 Å². The number of carboxylic acid groups (broad SMARTS) is 1. The van der Waals surface area contributed by atoms with Gasteiger partial charge in [0.15, 0.2) is 0 Å². The zero-order valence-electron chi connectivity index (χ0n) is 8.12. The molecule has 1 unspecified atom stereocenters. The molecule has 0 aliphatic carbocycles. The maximum atomic E-state index is 11.0. The molecule has 6 nitrogen and oxygen atoms in total. The van der Waals surface area contributed by atoms with Gasteiger partial charge in [-0.25, -0.2) is 0 Å². The summed E-state index contributed by atoms with van der Waals surface area (Å²) in [4.78, 5) is 21.1. The van der Waals surface area contributed by atoms with Crippen molar-refractivity contribution in [3.8, 4) is 0 Å². The Labute approximate surface area is 82.3 Å². The molecule has 0 rings (SSSR count). The molecule has 1 atom stereocenters. The number of hydrogen-bond acceptors (Lipinski definition) is 4. The number of aliphatic hydroxyl groups is 1. The molecular formula is C8H16N2O4. The number of hydrogen-bond donors (Lipinski definition) is 4. The first-order valence-corrected chi connectivity index (χ1v) is 4.39. The predicted octanol–water partition coefficient (Wildman–Crippen LogP) is -1.45. The van der Waals surface area contributed by atoms with E-state index in [0.29, 0.717) is 6.54 Å². The normalized spacial score (nSPS) is 12.1. The van der Waals surface area contributed by atoms with Gasteiger partial charge >= 0.3 is 5.97 Å².